The molecule has 2 aromatic rings. The van der Waals surface area contributed by atoms with Gasteiger partial charge in [-0.25, -0.2) is 14.2 Å². The number of urea groups is 1. The molecule has 0 aliphatic carbocycles. The van der Waals surface area contributed by atoms with E-state index in [1.165, 1.54) is 12.4 Å². The van der Waals surface area contributed by atoms with E-state index >= 15 is 0 Å². The fourth-order valence-corrected chi connectivity index (χ4v) is 3.45. The van der Waals surface area contributed by atoms with Gasteiger partial charge in [0.2, 0.25) is 0 Å². The van der Waals surface area contributed by atoms with Crippen LogP contribution in [0, 0.1) is 22.6 Å². The average molecular weight is 483 g/mol. The van der Waals surface area contributed by atoms with Crippen LogP contribution in [0.15, 0.2) is 41.4 Å². The summed E-state index contributed by atoms with van der Waals surface area (Å²) in [6.45, 7) is 4.96. The molecule has 1 heterocycles. The minimum atomic E-state index is -0.626. The van der Waals surface area contributed by atoms with E-state index in [1.807, 2.05) is 13.8 Å². The number of rotatable bonds is 11. The molecule has 0 saturated carbocycles. The summed E-state index contributed by atoms with van der Waals surface area (Å²) in [5.41, 5.74) is 1.88. The van der Waals surface area contributed by atoms with Crippen LogP contribution in [0.5, 0.6) is 5.75 Å². The van der Waals surface area contributed by atoms with Gasteiger partial charge in [0, 0.05) is 37.2 Å². The highest BCUT2D eigenvalue weighted by Gasteiger charge is 2.23. The lowest BCUT2D eigenvalue weighted by atomic mass is 9.90. The Kier molecular flexibility index (Phi) is 8.86. The Morgan fingerprint density at radius 3 is 2.69 bits per heavy atom. The van der Waals surface area contributed by atoms with Gasteiger partial charge in [-0.2, -0.15) is 5.26 Å². The Labute approximate surface area is 204 Å². The van der Waals surface area contributed by atoms with Gasteiger partial charge in [0.05, 0.1) is 35.7 Å². The number of methoxy groups -OCH3 is 1. The number of carbonyl (C=O) groups excluding carboxylic acids is 1. The first-order chi connectivity index (χ1) is 16.8. The van der Waals surface area contributed by atoms with Crippen LogP contribution in [0.25, 0.3) is 0 Å². The molecule has 9 nitrogen and oxygen atoms in total. The van der Waals surface area contributed by atoms with Gasteiger partial charge in [0.1, 0.15) is 18.2 Å². The molecule has 1 aliphatic heterocycles. The van der Waals surface area contributed by atoms with Crippen LogP contribution >= 0.6 is 0 Å². The van der Waals surface area contributed by atoms with Crippen LogP contribution in [0.2, 0.25) is 0 Å². The number of fused-ring (bicyclic) bond motifs is 1. The summed E-state index contributed by atoms with van der Waals surface area (Å²) in [4.78, 5) is 16.4. The van der Waals surface area contributed by atoms with Gasteiger partial charge < -0.3 is 30.7 Å². The van der Waals surface area contributed by atoms with Crippen molar-refractivity contribution in [1.82, 2.24) is 5.32 Å². The SMILES string of the molecule is COCCOc1cc(F)c2c(c1)NC=NC2Nc1ccc(NC(=O)NCCCC(C)(C)C#N)cc1. The second-order valence-electron chi connectivity index (χ2n) is 8.73. The third-order valence-electron chi connectivity index (χ3n) is 5.39. The van der Waals surface area contributed by atoms with E-state index < -0.39 is 17.4 Å². The molecule has 0 radical (unpaired) electrons. The zero-order valence-corrected chi connectivity index (χ0v) is 20.2. The highest BCUT2D eigenvalue weighted by molar-refractivity contribution is 5.89. The third-order valence-corrected chi connectivity index (χ3v) is 5.39. The lowest BCUT2D eigenvalue weighted by Crippen LogP contribution is -2.30. The predicted molar refractivity (Wildman–Crippen MR) is 134 cm³/mol. The van der Waals surface area contributed by atoms with E-state index in [4.69, 9.17) is 14.7 Å². The first-order valence-electron chi connectivity index (χ1n) is 11.4. The topological polar surface area (TPSA) is 120 Å². The Morgan fingerprint density at radius 2 is 1.97 bits per heavy atom. The number of aliphatic imine (C=N–C) groups is 1. The fraction of sp³-hybridized carbons (Fsp3) is 0.400. The fourth-order valence-electron chi connectivity index (χ4n) is 3.45. The predicted octanol–water partition coefficient (Wildman–Crippen LogP) is 4.87. The zero-order chi connectivity index (χ0) is 25.3. The van der Waals surface area contributed by atoms with E-state index in [1.54, 1.807) is 37.4 Å². The molecule has 0 bridgehead atoms. The average Bonchev–Trinajstić information content (AvgIpc) is 2.83. The molecule has 2 aromatic carbocycles. The van der Waals surface area contributed by atoms with Crippen molar-refractivity contribution in [1.29, 1.82) is 5.26 Å². The number of ether oxygens (including phenoxy) is 2. The Bertz CT molecular complexity index is 1080. The number of nitrogens with one attached hydrogen (secondary N) is 4. The van der Waals surface area contributed by atoms with E-state index in [-0.39, 0.29) is 6.03 Å². The maximum atomic E-state index is 14.9. The first kappa shape index (κ1) is 25.8. The summed E-state index contributed by atoms with van der Waals surface area (Å²) in [6.07, 6.45) is 2.30. The number of carbonyl (C=O) groups is 1. The van der Waals surface area contributed by atoms with Gasteiger partial charge >= 0.3 is 6.03 Å². The monoisotopic (exact) mass is 482 g/mol. The number of benzene rings is 2. The Hall–Kier alpha value is -3.84. The maximum Gasteiger partial charge on any atom is 0.319 e. The van der Waals surface area contributed by atoms with Crippen LogP contribution in [0.1, 0.15) is 38.4 Å². The normalized spacial score (nSPS) is 14.3. The lowest BCUT2D eigenvalue weighted by molar-refractivity contribution is 0.146. The summed E-state index contributed by atoms with van der Waals surface area (Å²) in [7, 11) is 1.57. The van der Waals surface area contributed by atoms with Crippen molar-refractivity contribution in [2.24, 2.45) is 10.4 Å². The van der Waals surface area contributed by atoms with Crippen LogP contribution in [-0.2, 0) is 4.74 Å². The molecule has 10 heteroatoms. The standard InChI is InChI=1S/C25H31FN6O3/c1-25(2,15-27)9-4-10-28-24(33)32-18-7-5-17(6-8-18)31-23-22-20(26)13-19(35-12-11-34-3)14-21(22)29-16-30-23/h5-8,13-14,16,23,31H,4,9-12H2,1-3H3,(H,29,30)(H2,28,32,33). The van der Waals surface area contributed by atoms with Gasteiger partial charge in [0.25, 0.3) is 0 Å². The second kappa shape index (κ2) is 12.0. The second-order valence-corrected chi connectivity index (χ2v) is 8.73. The van der Waals surface area contributed by atoms with Crippen molar-refractivity contribution in [3.8, 4) is 11.8 Å². The van der Waals surface area contributed by atoms with Crippen LogP contribution in [0.4, 0.5) is 26.2 Å². The lowest BCUT2D eigenvalue weighted by Gasteiger charge is -2.24. The highest BCUT2D eigenvalue weighted by atomic mass is 19.1. The molecule has 35 heavy (non-hydrogen) atoms. The van der Waals surface area contributed by atoms with Gasteiger partial charge in [-0.15, -0.1) is 0 Å². The minimum Gasteiger partial charge on any atom is -0.491 e. The molecule has 0 spiro atoms. The molecule has 4 N–H and O–H groups in total. The van der Waals surface area contributed by atoms with Gasteiger partial charge in [-0.1, -0.05) is 0 Å². The van der Waals surface area contributed by atoms with Crippen molar-refractivity contribution >= 4 is 29.4 Å². The molecule has 1 aliphatic rings. The number of hydrogen-bond acceptors (Lipinski definition) is 7. The van der Waals surface area contributed by atoms with Crippen molar-refractivity contribution < 1.29 is 18.7 Å². The highest BCUT2D eigenvalue weighted by Crippen LogP contribution is 2.35. The van der Waals surface area contributed by atoms with Crippen molar-refractivity contribution in [2.75, 3.05) is 42.8 Å². The number of anilines is 3. The maximum absolute atomic E-state index is 14.9. The van der Waals surface area contributed by atoms with Crippen LogP contribution < -0.4 is 26.0 Å². The summed E-state index contributed by atoms with van der Waals surface area (Å²) < 4.78 is 25.4. The number of nitrogens with zero attached hydrogens (tertiary/aromatic N) is 2. The number of halogens is 1. The Balaban J connectivity index is 1.54. The van der Waals surface area contributed by atoms with Gasteiger partial charge in [0.15, 0.2) is 6.17 Å². The van der Waals surface area contributed by atoms with Crippen molar-refractivity contribution in [2.45, 2.75) is 32.9 Å². The quantitative estimate of drug-likeness (QED) is 0.339. The molecule has 186 valence electrons. The van der Waals surface area contributed by atoms with Gasteiger partial charge in [-0.05, 0) is 51.0 Å². The molecule has 2 amide bonds. The first-order valence-corrected chi connectivity index (χ1v) is 11.4. The van der Waals surface area contributed by atoms with E-state index in [2.05, 4.69) is 32.3 Å². The molecule has 0 aromatic heterocycles. The van der Waals surface area contributed by atoms with E-state index in [0.717, 1.165) is 0 Å². The summed E-state index contributed by atoms with van der Waals surface area (Å²) in [6, 6.07) is 12.0. The molecule has 3 rings (SSSR count). The summed E-state index contributed by atoms with van der Waals surface area (Å²) in [5, 5.41) is 20.8. The molecule has 1 atom stereocenters. The largest absolute Gasteiger partial charge is 0.491 e. The minimum absolute atomic E-state index is 0.317. The zero-order valence-electron chi connectivity index (χ0n) is 20.2. The van der Waals surface area contributed by atoms with Crippen molar-refractivity contribution in [3.05, 3.63) is 47.8 Å². The molecule has 0 saturated heterocycles. The van der Waals surface area contributed by atoms with E-state index in [9.17, 15) is 9.18 Å². The summed E-state index contributed by atoms with van der Waals surface area (Å²) in [5.74, 6) is -0.0350. The van der Waals surface area contributed by atoms with Crippen LogP contribution in [-0.4, -0.2) is 39.2 Å². The van der Waals surface area contributed by atoms with Crippen molar-refractivity contribution in [3.63, 3.8) is 0 Å². The molecule has 1 unspecified atom stereocenters. The smallest absolute Gasteiger partial charge is 0.319 e. The van der Waals surface area contributed by atoms with E-state index in [0.29, 0.717) is 61.0 Å². The molecule has 0 fully saturated rings. The number of hydrogen-bond donors (Lipinski definition) is 4. The van der Waals surface area contributed by atoms with Gasteiger partial charge in [-0.3, -0.25) is 0 Å². The summed E-state index contributed by atoms with van der Waals surface area (Å²) >= 11 is 0. The Morgan fingerprint density at radius 1 is 1.23 bits per heavy atom. The number of nitriles is 1. The van der Waals surface area contributed by atoms with Crippen LogP contribution in [0.3, 0.4) is 0 Å². The number of amides is 2. The molecular formula is C25H31FN6O3. The molecular weight excluding hydrogens is 451 g/mol. The third kappa shape index (κ3) is 7.58.